The second-order valence-corrected chi connectivity index (χ2v) is 5.27. The molecule has 3 nitrogen and oxygen atoms in total. The number of thiazole rings is 1. The van der Waals surface area contributed by atoms with Gasteiger partial charge in [0.05, 0.1) is 5.56 Å². The van der Waals surface area contributed by atoms with E-state index in [1.165, 1.54) is 11.3 Å². The number of nitrogens with zero attached hydrogens (tertiary/aromatic N) is 1. The minimum Gasteiger partial charge on any atom is -0.467 e. The lowest BCUT2D eigenvalue weighted by Crippen LogP contribution is -2.00. The van der Waals surface area contributed by atoms with E-state index in [1.807, 2.05) is 17.5 Å². The summed E-state index contributed by atoms with van der Waals surface area (Å²) in [4.78, 5) is 4.35. The van der Waals surface area contributed by atoms with E-state index in [2.05, 4.69) is 20.9 Å². The van der Waals surface area contributed by atoms with Gasteiger partial charge in [-0.3, -0.25) is 0 Å². The highest BCUT2D eigenvalue weighted by Gasteiger charge is 2.11. The summed E-state index contributed by atoms with van der Waals surface area (Å²) < 4.78 is 11.2. The highest BCUT2D eigenvalue weighted by Crippen LogP contribution is 2.35. The highest BCUT2D eigenvalue weighted by molar-refractivity contribution is 9.10. The van der Waals surface area contributed by atoms with Crippen LogP contribution in [0.25, 0.3) is 10.6 Å². The fraction of sp³-hybridized carbons (Fsp3) is 0.182. The quantitative estimate of drug-likeness (QED) is 0.785. The first-order valence-corrected chi connectivity index (χ1v) is 6.78. The lowest BCUT2D eigenvalue weighted by molar-refractivity contribution is 0.0515. The normalized spacial score (nSPS) is 10.5. The van der Waals surface area contributed by atoms with Crippen LogP contribution in [0.15, 0.2) is 28.2 Å². The molecule has 90 valence electrons. The molecule has 17 heavy (non-hydrogen) atoms. The van der Waals surface area contributed by atoms with Crippen LogP contribution in [-0.2, 0) is 4.74 Å². The molecule has 1 heterocycles. The summed E-state index contributed by atoms with van der Waals surface area (Å²) in [6, 6.07) is 5.42. The molecule has 0 aliphatic carbocycles. The Labute approximate surface area is 116 Å². The fourth-order valence-corrected chi connectivity index (χ4v) is 2.74. The van der Waals surface area contributed by atoms with E-state index in [-0.39, 0.29) is 6.79 Å². The third-order valence-corrected chi connectivity index (χ3v) is 3.80. The van der Waals surface area contributed by atoms with Gasteiger partial charge >= 0.3 is 0 Å². The number of hydrogen-bond donors (Lipinski definition) is 0. The maximum atomic E-state index is 5.99. The lowest BCUT2D eigenvalue weighted by atomic mass is 10.2. The van der Waals surface area contributed by atoms with Gasteiger partial charge < -0.3 is 9.47 Å². The van der Waals surface area contributed by atoms with Crippen LogP contribution in [0.4, 0.5) is 0 Å². The van der Waals surface area contributed by atoms with E-state index in [1.54, 1.807) is 13.2 Å². The Balaban J connectivity index is 2.39. The zero-order chi connectivity index (χ0) is 12.3. The largest absolute Gasteiger partial charge is 0.467 e. The van der Waals surface area contributed by atoms with Crippen LogP contribution in [0.1, 0.15) is 0 Å². The fourth-order valence-electron chi connectivity index (χ4n) is 1.30. The van der Waals surface area contributed by atoms with Crippen LogP contribution < -0.4 is 4.74 Å². The molecule has 0 saturated heterocycles. The first kappa shape index (κ1) is 12.8. The summed E-state index contributed by atoms with van der Waals surface area (Å²) in [7, 11) is 1.58. The van der Waals surface area contributed by atoms with E-state index in [0.717, 1.165) is 15.2 Å². The van der Waals surface area contributed by atoms with Crippen molar-refractivity contribution in [2.75, 3.05) is 13.9 Å². The molecule has 0 saturated carbocycles. The second kappa shape index (κ2) is 5.82. The van der Waals surface area contributed by atoms with Gasteiger partial charge in [0.25, 0.3) is 0 Å². The first-order valence-electron chi connectivity index (χ1n) is 4.73. The Morgan fingerprint density at radius 2 is 2.29 bits per heavy atom. The Hall–Kier alpha value is -0.620. The molecule has 0 fully saturated rings. The van der Waals surface area contributed by atoms with Crippen LogP contribution in [0.5, 0.6) is 5.75 Å². The molecule has 0 bridgehead atoms. The third kappa shape index (κ3) is 3.19. The summed E-state index contributed by atoms with van der Waals surface area (Å²) in [6.45, 7) is 0.196. The van der Waals surface area contributed by atoms with Crippen molar-refractivity contribution in [3.05, 3.63) is 33.2 Å². The van der Waals surface area contributed by atoms with Crippen molar-refractivity contribution in [2.24, 2.45) is 0 Å². The molecule has 1 aromatic heterocycles. The van der Waals surface area contributed by atoms with Crippen LogP contribution in [0.3, 0.4) is 0 Å². The van der Waals surface area contributed by atoms with Crippen molar-refractivity contribution < 1.29 is 9.47 Å². The first-order chi connectivity index (χ1) is 8.20. The van der Waals surface area contributed by atoms with Gasteiger partial charge in [-0.05, 0) is 34.1 Å². The Morgan fingerprint density at radius 1 is 1.47 bits per heavy atom. The van der Waals surface area contributed by atoms with Gasteiger partial charge in [-0.25, -0.2) is 4.98 Å². The number of benzene rings is 1. The average Bonchev–Trinajstić information content (AvgIpc) is 2.74. The molecule has 0 radical (unpaired) electrons. The van der Waals surface area contributed by atoms with Gasteiger partial charge in [0, 0.05) is 17.5 Å². The maximum Gasteiger partial charge on any atom is 0.188 e. The molecular formula is C11H9BrClNO2S. The number of rotatable bonds is 4. The average molecular weight is 335 g/mol. The molecule has 0 aliphatic heterocycles. The lowest BCUT2D eigenvalue weighted by Gasteiger charge is -2.09. The number of aromatic nitrogens is 1. The van der Waals surface area contributed by atoms with Crippen molar-refractivity contribution in [1.29, 1.82) is 0 Å². The third-order valence-electron chi connectivity index (χ3n) is 1.98. The molecule has 0 N–H and O–H groups in total. The molecular weight excluding hydrogens is 326 g/mol. The van der Waals surface area contributed by atoms with E-state index in [9.17, 15) is 0 Å². The number of ether oxygens (including phenoxy) is 2. The SMILES string of the molecule is COCOc1ccc(Cl)cc1-c1nc(Br)cs1. The van der Waals surface area contributed by atoms with E-state index in [0.29, 0.717) is 10.8 Å². The highest BCUT2D eigenvalue weighted by atomic mass is 79.9. The molecule has 0 aliphatic rings. The van der Waals surface area contributed by atoms with Crippen LogP contribution >= 0.6 is 38.9 Å². The van der Waals surface area contributed by atoms with Crippen molar-refractivity contribution in [2.45, 2.75) is 0 Å². The maximum absolute atomic E-state index is 5.99. The zero-order valence-electron chi connectivity index (χ0n) is 8.94. The van der Waals surface area contributed by atoms with E-state index >= 15 is 0 Å². The van der Waals surface area contributed by atoms with Crippen molar-refractivity contribution in [1.82, 2.24) is 4.98 Å². The van der Waals surface area contributed by atoms with Gasteiger partial charge in [0.1, 0.15) is 15.4 Å². The molecule has 0 amide bonds. The molecule has 6 heteroatoms. The summed E-state index contributed by atoms with van der Waals surface area (Å²) in [5, 5.41) is 3.41. The van der Waals surface area contributed by atoms with Gasteiger partial charge in [-0.15, -0.1) is 11.3 Å². The van der Waals surface area contributed by atoms with E-state index < -0.39 is 0 Å². The summed E-state index contributed by atoms with van der Waals surface area (Å²) >= 11 is 10.8. The van der Waals surface area contributed by atoms with Gasteiger partial charge in [-0.1, -0.05) is 11.6 Å². The molecule has 2 rings (SSSR count). The monoisotopic (exact) mass is 333 g/mol. The molecule has 0 unspecified atom stereocenters. The van der Waals surface area contributed by atoms with Crippen molar-refractivity contribution in [3.63, 3.8) is 0 Å². The van der Waals surface area contributed by atoms with Gasteiger partial charge in [0.15, 0.2) is 6.79 Å². The molecule has 1 aromatic carbocycles. The summed E-state index contributed by atoms with van der Waals surface area (Å²) in [5.74, 6) is 0.707. The van der Waals surface area contributed by atoms with Gasteiger partial charge in [-0.2, -0.15) is 0 Å². The zero-order valence-corrected chi connectivity index (χ0v) is 12.1. The molecule has 0 atom stereocenters. The van der Waals surface area contributed by atoms with E-state index in [4.69, 9.17) is 21.1 Å². The Morgan fingerprint density at radius 3 is 2.94 bits per heavy atom. The van der Waals surface area contributed by atoms with Gasteiger partial charge in [0.2, 0.25) is 0 Å². The van der Waals surface area contributed by atoms with Crippen molar-refractivity contribution >= 4 is 38.9 Å². The van der Waals surface area contributed by atoms with Crippen LogP contribution in [-0.4, -0.2) is 18.9 Å². The minimum atomic E-state index is 0.196. The number of hydrogen-bond acceptors (Lipinski definition) is 4. The second-order valence-electron chi connectivity index (χ2n) is 3.17. The van der Waals surface area contributed by atoms with Crippen LogP contribution in [0, 0.1) is 0 Å². The smallest absolute Gasteiger partial charge is 0.188 e. The molecule has 2 aromatic rings. The number of methoxy groups -OCH3 is 1. The topological polar surface area (TPSA) is 31.4 Å². The Kier molecular flexibility index (Phi) is 4.39. The standard InChI is InChI=1S/C11H9BrClNO2S/c1-15-6-16-9-3-2-7(13)4-8(9)11-14-10(12)5-17-11/h2-5H,6H2,1H3. The predicted molar refractivity (Wildman–Crippen MR) is 72.8 cm³/mol. The number of halogens is 2. The predicted octanol–water partition coefficient (Wildman–Crippen LogP) is 4.21. The molecule has 0 spiro atoms. The summed E-state index contributed by atoms with van der Waals surface area (Å²) in [6.07, 6.45) is 0. The van der Waals surface area contributed by atoms with Crippen molar-refractivity contribution in [3.8, 4) is 16.3 Å². The van der Waals surface area contributed by atoms with Crippen LogP contribution in [0.2, 0.25) is 5.02 Å². The summed E-state index contributed by atoms with van der Waals surface area (Å²) in [5.41, 5.74) is 0.866. The Bertz CT molecular complexity index is 518. The minimum absolute atomic E-state index is 0.196.